The number of rotatable bonds is 2. The molecule has 0 saturated heterocycles. The molecule has 0 aliphatic heterocycles. The molecule has 0 amide bonds. The lowest BCUT2D eigenvalue weighted by atomic mass is 10.2. The van der Waals surface area contributed by atoms with Gasteiger partial charge in [0.25, 0.3) is 0 Å². The van der Waals surface area contributed by atoms with Gasteiger partial charge >= 0.3 is 6.18 Å². The van der Waals surface area contributed by atoms with Gasteiger partial charge in [0, 0.05) is 12.5 Å². The first kappa shape index (κ1) is 16.3. The third-order valence-electron chi connectivity index (χ3n) is 2.58. The average Bonchev–Trinajstić information content (AvgIpc) is 2.74. The molecule has 2 rings (SSSR count). The Kier molecular flexibility index (Phi) is 3.88. The minimum Gasteiger partial charge on any atom is -0.236 e. The highest BCUT2D eigenvalue weighted by molar-refractivity contribution is 7.90. The van der Waals surface area contributed by atoms with Gasteiger partial charge in [-0.1, -0.05) is 11.6 Å². The van der Waals surface area contributed by atoms with Gasteiger partial charge in [-0.25, -0.2) is 18.1 Å². The first-order valence-corrected chi connectivity index (χ1v) is 7.75. The van der Waals surface area contributed by atoms with Crippen molar-refractivity contribution in [1.82, 2.24) is 14.8 Å². The minimum atomic E-state index is -4.85. The largest absolute Gasteiger partial charge is 0.436 e. The summed E-state index contributed by atoms with van der Waals surface area (Å²) in [4.78, 5) is 3.59. The Bertz CT molecular complexity index is 866. The second kappa shape index (κ2) is 5.26. The molecule has 0 saturated carbocycles. The maximum atomic E-state index is 12.8. The van der Waals surface area contributed by atoms with Gasteiger partial charge in [-0.2, -0.15) is 23.5 Å². The van der Waals surface area contributed by atoms with Crippen molar-refractivity contribution < 1.29 is 21.6 Å². The van der Waals surface area contributed by atoms with Gasteiger partial charge in [0.15, 0.2) is 26.5 Å². The molecule has 0 atom stereocenters. The molecular weight excluding hydrogens is 345 g/mol. The van der Waals surface area contributed by atoms with Crippen LogP contribution in [0.15, 0.2) is 23.2 Å². The van der Waals surface area contributed by atoms with Crippen molar-refractivity contribution in [2.75, 3.05) is 6.26 Å². The molecule has 0 aliphatic rings. The van der Waals surface area contributed by atoms with Crippen molar-refractivity contribution in [2.45, 2.75) is 11.1 Å². The number of hydrogen-bond acceptors (Lipinski definition) is 5. The summed E-state index contributed by atoms with van der Waals surface area (Å²) in [6, 6.07) is 3.62. The molecule has 2 aromatic rings. The molecule has 22 heavy (non-hydrogen) atoms. The Hall–Kier alpha value is -2.12. The fraction of sp³-hybridized carbons (Fsp3) is 0.182. The highest BCUT2D eigenvalue weighted by Crippen LogP contribution is 2.34. The van der Waals surface area contributed by atoms with Crippen LogP contribution in [0, 0.1) is 11.3 Å². The van der Waals surface area contributed by atoms with Crippen LogP contribution >= 0.6 is 11.6 Å². The van der Waals surface area contributed by atoms with Crippen molar-refractivity contribution in [3.63, 3.8) is 0 Å². The van der Waals surface area contributed by atoms with Crippen molar-refractivity contribution in [1.29, 1.82) is 5.26 Å². The Morgan fingerprint density at radius 3 is 2.36 bits per heavy atom. The number of pyridine rings is 1. The van der Waals surface area contributed by atoms with Gasteiger partial charge in [0.2, 0.25) is 0 Å². The van der Waals surface area contributed by atoms with Crippen LogP contribution in [0.25, 0.3) is 5.82 Å². The van der Waals surface area contributed by atoms with E-state index in [2.05, 4.69) is 10.1 Å². The quantitative estimate of drug-likeness (QED) is 0.828. The highest BCUT2D eigenvalue weighted by Gasteiger charge is 2.39. The zero-order valence-electron chi connectivity index (χ0n) is 10.8. The smallest absolute Gasteiger partial charge is 0.236 e. The highest BCUT2D eigenvalue weighted by atomic mass is 35.5. The molecular formula is C11H6ClF3N4O2S. The molecule has 116 valence electrons. The van der Waals surface area contributed by atoms with E-state index >= 15 is 0 Å². The monoisotopic (exact) mass is 350 g/mol. The number of halogens is 4. The van der Waals surface area contributed by atoms with E-state index in [4.69, 9.17) is 16.9 Å². The van der Waals surface area contributed by atoms with E-state index in [-0.39, 0.29) is 10.7 Å². The van der Waals surface area contributed by atoms with Gasteiger partial charge in [0.05, 0.1) is 4.90 Å². The van der Waals surface area contributed by atoms with Crippen LogP contribution < -0.4 is 0 Å². The summed E-state index contributed by atoms with van der Waals surface area (Å²) in [6.07, 6.45) is -2.94. The summed E-state index contributed by atoms with van der Waals surface area (Å²) < 4.78 is 61.6. The van der Waals surface area contributed by atoms with E-state index in [9.17, 15) is 21.6 Å². The average molecular weight is 351 g/mol. The maximum absolute atomic E-state index is 12.8. The zero-order chi connectivity index (χ0) is 16.7. The van der Waals surface area contributed by atoms with E-state index in [1.807, 2.05) is 0 Å². The second-order valence-corrected chi connectivity index (χ2v) is 6.53. The Morgan fingerprint density at radius 1 is 1.36 bits per heavy atom. The number of nitriles is 1. The van der Waals surface area contributed by atoms with Crippen molar-refractivity contribution in [3.8, 4) is 11.9 Å². The summed E-state index contributed by atoms with van der Waals surface area (Å²) >= 11 is 5.72. The van der Waals surface area contributed by atoms with Crippen LogP contribution in [0.2, 0.25) is 5.15 Å². The third-order valence-corrected chi connectivity index (χ3v) is 4.02. The fourth-order valence-electron chi connectivity index (χ4n) is 1.56. The van der Waals surface area contributed by atoms with Crippen molar-refractivity contribution >= 4 is 21.4 Å². The summed E-state index contributed by atoms with van der Waals surface area (Å²) in [7, 11) is -3.50. The van der Waals surface area contributed by atoms with Gasteiger partial charge in [-0.05, 0) is 12.1 Å². The number of hydrogen-bond donors (Lipinski definition) is 0. The Morgan fingerprint density at radius 2 is 2.00 bits per heavy atom. The van der Waals surface area contributed by atoms with Crippen LogP contribution in [0.3, 0.4) is 0 Å². The predicted octanol–water partition coefficient (Wildman–Crippen LogP) is 2.21. The summed E-state index contributed by atoms with van der Waals surface area (Å²) in [5.74, 6) is -0.149. The number of aromatic nitrogens is 3. The molecule has 0 bridgehead atoms. The van der Waals surface area contributed by atoms with E-state index in [1.165, 1.54) is 6.07 Å². The first-order chi connectivity index (χ1) is 10.1. The molecule has 0 unspecified atom stereocenters. The lowest BCUT2D eigenvalue weighted by molar-refractivity contribution is -0.141. The normalized spacial score (nSPS) is 12.2. The SMILES string of the molecule is CS(=O)(=O)c1ccc(-n2nc(C(F)(F)F)c(C#N)c2Cl)nc1. The Labute approximate surface area is 127 Å². The van der Waals surface area contributed by atoms with Crippen LogP contribution in [0.1, 0.15) is 11.3 Å². The van der Waals surface area contributed by atoms with Crippen LogP contribution in [-0.4, -0.2) is 29.4 Å². The number of sulfone groups is 1. The minimum absolute atomic E-state index is 0.115. The molecule has 0 N–H and O–H groups in total. The first-order valence-electron chi connectivity index (χ1n) is 5.48. The van der Waals surface area contributed by atoms with Crippen molar-refractivity contribution in [2.24, 2.45) is 0 Å². The van der Waals surface area contributed by atoms with Crippen LogP contribution in [0.5, 0.6) is 0 Å². The molecule has 0 spiro atoms. The molecule has 2 heterocycles. The molecule has 0 aromatic carbocycles. The molecule has 0 fully saturated rings. The molecule has 0 aliphatic carbocycles. The topological polar surface area (TPSA) is 88.6 Å². The number of alkyl halides is 3. The predicted molar refractivity (Wildman–Crippen MR) is 69.2 cm³/mol. The Balaban J connectivity index is 2.60. The van der Waals surface area contributed by atoms with Crippen molar-refractivity contribution in [3.05, 3.63) is 34.7 Å². The second-order valence-electron chi connectivity index (χ2n) is 4.16. The summed E-state index contributed by atoms with van der Waals surface area (Å²) in [5.41, 5.74) is -2.27. The number of nitrogens with zero attached hydrogens (tertiary/aromatic N) is 4. The lowest BCUT2D eigenvalue weighted by Crippen LogP contribution is -2.09. The molecule has 0 radical (unpaired) electrons. The van der Waals surface area contributed by atoms with Gasteiger partial charge in [-0.3, -0.25) is 0 Å². The molecule has 2 aromatic heterocycles. The zero-order valence-corrected chi connectivity index (χ0v) is 12.3. The molecule has 6 nitrogen and oxygen atoms in total. The van der Waals surface area contributed by atoms with E-state index in [0.717, 1.165) is 24.6 Å². The van der Waals surface area contributed by atoms with E-state index in [0.29, 0.717) is 4.68 Å². The van der Waals surface area contributed by atoms with E-state index in [1.54, 1.807) is 0 Å². The van der Waals surface area contributed by atoms with Gasteiger partial charge in [-0.15, -0.1) is 0 Å². The van der Waals surface area contributed by atoms with E-state index < -0.39 is 32.4 Å². The maximum Gasteiger partial charge on any atom is 0.436 e. The standard InChI is InChI=1S/C11H6ClF3N4O2S/c1-22(20,21)6-2-3-8(17-5-6)19-10(12)7(4-16)9(18-19)11(13,14)15/h2-3,5H,1H3. The summed E-state index contributed by atoms with van der Waals surface area (Å²) in [5, 5.41) is 11.5. The summed E-state index contributed by atoms with van der Waals surface area (Å²) in [6.45, 7) is 0. The van der Waals surface area contributed by atoms with Crippen LogP contribution in [0.4, 0.5) is 13.2 Å². The van der Waals surface area contributed by atoms with Crippen LogP contribution in [-0.2, 0) is 16.0 Å². The van der Waals surface area contributed by atoms with Gasteiger partial charge in [0.1, 0.15) is 11.6 Å². The lowest BCUT2D eigenvalue weighted by Gasteiger charge is -2.03. The molecule has 11 heteroatoms. The third kappa shape index (κ3) is 2.90. The van der Waals surface area contributed by atoms with Gasteiger partial charge < -0.3 is 0 Å². The fourth-order valence-corrected chi connectivity index (χ4v) is 2.38.